The molecule has 2 aromatic carbocycles. The van der Waals surface area contributed by atoms with Crippen LogP contribution in [0.1, 0.15) is 24.5 Å². The number of halogens is 2. The van der Waals surface area contributed by atoms with E-state index in [1.807, 2.05) is 25.1 Å². The van der Waals surface area contributed by atoms with E-state index in [9.17, 15) is 9.18 Å². The number of rotatable bonds is 6. The molecule has 4 heteroatoms. The normalized spacial score (nSPS) is 12.0. The van der Waals surface area contributed by atoms with E-state index in [0.717, 1.165) is 12.8 Å². The summed E-state index contributed by atoms with van der Waals surface area (Å²) in [6.45, 7) is 1.96. The molecule has 0 aliphatic rings. The molecule has 0 radical (unpaired) electrons. The van der Waals surface area contributed by atoms with Crippen LogP contribution in [0.2, 0.25) is 5.02 Å². The first kappa shape index (κ1) is 16.5. The summed E-state index contributed by atoms with van der Waals surface area (Å²) >= 11 is 5.70. The summed E-state index contributed by atoms with van der Waals surface area (Å²) in [7, 11) is 0. The van der Waals surface area contributed by atoms with Crippen molar-refractivity contribution in [3.8, 4) is 0 Å². The number of carbonyl (C=O) groups excluding carboxylic acids is 1. The van der Waals surface area contributed by atoms with E-state index in [1.165, 1.54) is 11.6 Å². The molecule has 0 aliphatic heterocycles. The summed E-state index contributed by atoms with van der Waals surface area (Å²) in [5.41, 5.74) is 1.60. The van der Waals surface area contributed by atoms with Crippen molar-refractivity contribution in [1.29, 1.82) is 0 Å². The second-order valence-corrected chi connectivity index (χ2v) is 5.84. The Balaban J connectivity index is 1.81. The Labute approximate surface area is 135 Å². The third-order valence-corrected chi connectivity index (χ3v) is 3.72. The van der Waals surface area contributed by atoms with Gasteiger partial charge in [-0.3, -0.25) is 4.79 Å². The molecule has 2 nitrogen and oxygen atoms in total. The zero-order chi connectivity index (χ0) is 15.9. The number of carbonyl (C=O) groups is 1. The van der Waals surface area contributed by atoms with Crippen molar-refractivity contribution in [2.24, 2.45) is 0 Å². The van der Waals surface area contributed by atoms with Crippen LogP contribution in [0.15, 0.2) is 48.5 Å². The lowest BCUT2D eigenvalue weighted by molar-refractivity contribution is -0.121. The number of amides is 1. The maximum absolute atomic E-state index is 13.7. The second kappa shape index (κ2) is 7.95. The zero-order valence-corrected chi connectivity index (χ0v) is 13.2. The van der Waals surface area contributed by atoms with E-state index >= 15 is 0 Å². The molecule has 0 bridgehead atoms. The minimum Gasteiger partial charge on any atom is -0.353 e. The van der Waals surface area contributed by atoms with E-state index in [1.54, 1.807) is 12.1 Å². The van der Waals surface area contributed by atoms with Crippen LogP contribution in [0.5, 0.6) is 0 Å². The predicted octanol–water partition coefficient (Wildman–Crippen LogP) is 4.16. The summed E-state index contributed by atoms with van der Waals surface area (Å²) in [5.74, 6) is -0.624. The summed E-state index contributed by atoms with van der Waals surface area (Å²) in [6.07, 6.45) is 1.77. The van der Waals surface area contributed by atoms with Crippen molar-refractivity contribution < 1.29 is 9.18 Å². The van der Waals surface area contributed by atoms with Gasteiger partial charge in [0.05, 0.1) is 6.42 Å². The van der Waals surface area contributed by atoms with Gasteiger partial charge in [0.1, 0.15) is 5.82 Å². The van der Waals surface area contributed by atoms with Crippen LogP contribution in [-0.2, 0) is 17.6 Å². The molecule has 22 heavy (non-hydrogen) atoms. The van der Waals surface area contributed by atoms with Crippen LogP contribution >= 0.6 is 11.6 Å². The van der Waals surface area contributed by atoms with Crippen LogP contribution < -0.4 is 5.32 Å². The van der Waals surface area contributed by atoms with Gasteiger partial charge in [0.15, 0.2) is 0 Å². The molecule has 2 rings (SSSR count). The maximum atomic E-state index is 13.7. The van der Waals surface area contributed by atoms with E-state index in [-0.39, 0.29) is 18.4 Å². The third-order valence-electron chi connectivity index (χ3n) is 3.48. The molecule has 1 N–H and O–H groups in total. The van der Waals surface area contributed by atoms with Crippen LogP contribution in [-0.4, -0.2) is 11.9 Å². The average molecular weight is 320 g/mol. The zero-order valence-electron chi connectivity index (χ0n) is 12.5. The summed E-state index contributed by atoms with van der Waals surface area (Å²) in [6, 6.07) is 14.5. The Morgan fingerprint density at radius 3 is 2.64 bits per heavy atom. The average Bonchev–Trinajstić information content (AvgIpc) is 2.49. The van der Waals surface area contributed by atoms with Crippen LogP contribution in [0, 0.1) is 5.82 Å². The van der Waals surface area contributed by atoms with Gasteiger partial charge >= 0.3 is 0 Å². The first-order valence-corrected chi connectivity index (χ1v) is 7.69. The van der Waals surface area contributed by atoms with Gasteiger partial charge in [0, 0.05) is 11.1 Å². The van der Waals surface area contributed by atoms with Crippen molar-refractivity contribution in [2.75, 3.05) is 0 Å². The molecular weight excluding hydrogens is 301 g/mol. The minimum atomic E-state index is -0.445. The van der Waals surface area contributed by atoms with E-state index in [4.69, 9.17) is 11.6 Å². The van der Waals surface area contributed by atoms with Crippen molar-refractivity contribution in [1.82, 2.24) is 5.32 Å². The molecule has 0 unspecified atom stereocenters. The third kappa shape index (κ3) is 5.15. The predicted molar refractivity (Wildman–Crippen MR) is 87.5 cm³/mol. The number of hydrogen-bond donors (Lipinski definition) is 1. The Morgan fingerprint density at radius 1 is 1.23 bits per heavy atom. The Kier molecular flexibility index (Phi) is 5.96. The fourth-order valence-electron chi connectivity index (χ4n) is 2.26. The molecule has 0 aliphatic carbocycles. The molecule has 0 spiro atoms. The van der Waals surface area contributed by atoms with Crippen LogP contribution in [0.4, 0.5) is 4.39 Å². The van der Waals surface area contributed by atoms with Crippen molar-refractivity contribution in [2.45, 2.75) is 32.2 Å². The van der Waals surface area contributed by atoms with E-state index in [2.05, 4.69) is 17.4 Å². The molecule has 2 aromatic rings. The first-order chi connectivity index (χ1) is 10.5. The lowest BCUT2D eigenvalue weighted by Crippen LogP contribution is -2.34. The van der Waals surface area contributed by atoms with Gasteiger partial charge in [0.2, 0.25) is 5.91 Å². The topological polar surface area (TPSA) is 29.1 Å². The number of nitrogens with one attached hydrogen (secondary N) is 1. The van der Waals surface area contributed by atoms with Crippen LogP contribution in [0.3, 0.4) is 0 Å². The van der Waals surface area contributed by atoms with Crippen molar-refractivity contribution in [3.05, 3.63) is 70.5 Å². The molecule has 1 atom stereocenters. The van der Waals surface area contributed by atoms with Crippen molar-refractivity contribution in [3.63, 3.8) is 0 Å². The van der Waals surface area contributed by atoms with E-state index in [0.29, 0.717) is 10.6 Å². The highest BCUT2D eigenvalue weighted by Crippen LogP contribution is 2.15. The summed E-state index contributed by atoms with van der Waals surface area (Å²) < 4.78 is 13.7. The molecule has 1 amide bonds. The highest BCUT2D eigenvalue weighted by molar-refractivity contribution is 6.30. The lowest BCUT2D eigenvalue weighted by atomic mass is 10.1. The summed E-state index contributed by atoms with van der Waals surface area (Å²) in [5, 5.41) is 3.23. The van der Waals surface area contributed by atoms with Gasteiger partial charge in [-0.2, -0.15) is 0 Å². The Morgan fingerprint density at radius 2 is 1.95 bits per heavy atom. The fraction of sp³-hybridized carbons (Fsp3) is 0.278. The monoisotopic (exact) mass is 319 g/mol. The Bertz CT molecular complexity index is 630. The van der Waals surface area contributed by atoms with Gasteiger partial charge in [-0.15, -0.1) is 0 Å². The minimum absolute atomic E-state index is 0.0265. The summed E-state index contributed by atoms with van der Waals surface area (Å²) in [4.78, 5) is 12.0. The highest BCUT2D eigenvalue weighted by atomic mass is 35.5. The smallest absolute Gasteiger partial charge is 0.224 e. The van der Waals surface area contributed by atoms with Crippen LogP contribution in [0.25, 0.3) is 0 Å². The van der Waals surface area contributed by atoms with Gasteiger partial charge in [-0.05, 0) is 43.0 Å². The molecule has 116 valence electrons. The number of hydrogen-bond acceptors (Lipinski definition) is 1. The van der Waals surface area contributed by atoms with E-state index < -0.39 is 5.82 Å². The quantitative estimate of drug-likeness (QED) is 0.851. The SMILES string of the molecule is C[C@H](CCc1ccccc1)NC(=O)Cc1ccc(Cl)cc1F. The second-order valence-electron chi connectivity index (χ2n) is 5.41. The highest BCUT2D eigenvalue weighted by Gasteiger charge is 2.11. The molecule has 0 fully saturated rings. The van der Waals surface area contributed by atoms with Gasteiger partial charge in [0.25, 0.3) is 0 Å². The molecule has 0 saturated carbocycles. The fourth-order valence-corrected chi connectivity index (χ4v) is 2.42. The van der Waals surface area contributed by atoms with Gasteiger partial charge in [-0.25, -0.2) is 4.39 Å². The lowest BCUT2D eigenvalue weighted by Gasteiger charge is -2.14. The largest absolute Gasteiger partial charge is 0.353 e. The standard InChI is InChI=1S/C18H19ClFNO/c1-13(7-8-14-5-3-2-4-6-14)21-18(22)11-15-9-10-16(19)12-17(15)20/h2-6,9-10,12-13H,7-8,11H2,1H3,(H,21,22)/t13-/m1/s1. The number of aryl methyl sites for hydroxylation is 1. The maximum Gasteiger partial charge on any atom is 0.224 e. The van der Waals surface area contributed by atoms with Crippen molar-refractivity contribution >= 4 is 17.5 Å². The Hall–Kier alpha value is -1.87. The molecule has 0 heterocycles. The molecular formula is C18H19ClFNO. The van der Waals surface area contributed by atoms with Gasteiger partial charge < -0.3 is 5.32 Å². The molecule has 0 saturated heterocycles. The van der Waals surface area contributed by atoms with Gasteiger partial charge in [-0.1, -0.05) is 48.0 Å². The molecule has 0 aromatic heterocycles. The number of benzene rings is 2. The first-order valence-electron chi connectivity index (χ1n) is 7.32.